The monoisotopic (exact) mass is 448 g/mol. The first-order valence-electron chi connectivity index (χ1n) is 11.3. The Morgan fingerprint density at radius 1 is 0.909 bits per heavy atom. The third kappa shape index (κ3) is 5.05. The molecule has 0 spiro atoms. The standard InChI is InChI=1S/C29H27F3O/c1-3-4-17-33-27-16-15-25(28(31)29(27)32)22-11-9-20(10-12-22)23-13-14-24(26(30)18-23)21-7-5-19(2)6-8-21/h3,7,9-16,18-19H,1,4-6,8,17H2,2H3. The number of hydrogen-bond acceptors (Lipinski definition) is 1. The first-order chi connectivity index (χ1) is 16.0. The molecule has 1 aliphatic carbocycles. The highest BCUT2D eigenvalue weighted by Crippen LogP contribution is 2.34. The molecule has 3 aromatic rings. The van der Waals surface area contributed by atoms with E-state index in [1.54, 1.807) is 36.4 Å². The van der Waals surface area contributed by atoms with E-state index < -0.39 is 11.6 Å². The van der Waals surface area contributed by atoms with Gasteiger partial charge < -0.3 is 4.74 Å². The van der Waals surface area contributed by atoms with E-state index in [4.69, 9.17) is 4.74 Å². The molecule has 0 fully saturated rings. The Kier molecular flexibility index (Phi) is 7.02. The lowest BCUT2D eigenvalue weighted by atomic mass is 9.87. The number of benzene rings is 3. The van der Waals surface area contributed by atoms with E-state index in [2.05, 4.69) is 19.6 Å². The van der Waals surface area contributed by atoms with Gasteiger partial charge in [-0.05, 0) is 72.1 Å². The van der Waals surface area contributed by atoms with Crippen LogP contribution in [0, 0.1) is 23.4 Å². The van der Waals surface area contributed by atoms with Gasteiger partial charge in [0.15, 0.2) is 11.6 Å². The van der Waals surface area contributed by atoms with Gasteiger partial charge in [-0.1, -0.05) is 55.5 Å². The minimum absolute atomic E-state index is 0.118. The van der Waals surface area contributed by atoms with Crippen LogP contribution in [0.4, 0.5) is 13.2 Å². The maximum absolute atomic E-state index is 14.9. The van der Waals surface area contributed by atoms with Crippen molar-refractivity contribution in [2.75, 3.05) is 6.61 Å². The van der Waals surface area contributed by atoms with Crippen molar-refractivity contribution in [3.05, 3.63) is 96.3 Å². The molecule has 0 saturated heterocycles. The summed E-state index contributed by atoms with van der Waals surface area (Å²) in [6.07, 6.45) is 7.29. The number of ether oxygens (including phenoxy) is 1. The summed E-state index contributed by atoms with van der Waals surface area (Å²) in [7, 11) is 0. The van der Waals surface area contributed by atoms with Gasteiger partial charge in [-0.2, -0.15) is 4.39 Å². The largest absolute Gasteiger partial charge is 0.490 e. The highest BCUT2D eigenvalue weighted by molar-refractivity contribution is 5.74. The molecule has 4 rings (SSSR count). The number of rotatable bonds is 7. The second kappa shape index (κ2) is 10.1. The minimum atomic E-state index is -1.01. The van der Waals surface area contributed by atoms with E-state index in [1.165, 1.54) is 12.1 Å². The zero-order valence-corrected chi connectivity index (χ0v) is 18.7. The van der Waals surface area contributed by atoms with E-state index in [-0.39, 0.29) is 23.7 Å². The second-order valence-electron chi connectivity index (χ2n) is 8.55. The Labute approximate surface area is 193 Å². The van der Waals surface area contributed by atoms with E-state index in [0.29, 0.717) is 23.5 Å². The molecular formula is C29H27F3O. The van der Waals surface area contributed by atoms with Crippen LogP contribution in [0.5, 0.6) is 5.75 Å². The smallest absolute Gasteiger partial charge is 0.201 e. The summed E-state index contributed by atoms with van der Waals surface area (Å²) in [6, 6.07) is 15.2. The quantitative estimate of drug-likeness (QED) is 0.260. The Balaban J connectivity index is 1.55. The topological polar surface area (TPSA) is 9.23 Å². The summed E-state index contributed by atoms with van der Waals surface area (Å²) in [5, 5.41) is 0. The van der Waals surface area contributed by atoms with E-state index in [9.17, 15) is 13.2 Å². The molecule has 0 aliphatic heterocycles. The zero-order chi connectivity index (χ0) is 23.4. The molecule has 33 heavy (non-hydrogen) atoms. The molecule has 0 bridgehead atoms. The Morgan fingerprint density at radius 2 is 1.61 bits per heavy atom. The Morgan fingerprint density at radius 3 is 2.27 bits per heavy atom. The van der Waals surface area contributed by atoms with E-state index >= 15 is 0 Å². The number of halogens is 3. The fraction of sp³-hybridized carbons (Fsp3) is 0.241. The third-order valence-electron chi connectivity index (χ3n) is 6.14. The maximum Gasteiger partial charge on any atom is 0.201 e. The van der Waals surface area contributed by atoms with Crippen LogP contribution in [0.3, 0.4) is 0 Å². The van der Waals surface area contributed by atoms with Gasteiger partial charge in [-0.25, -0.2) is 8.78 Å². The van der Waals surface area contributed by atoms with Crippen LogP contribution >= 0.6 is 0 Å². The Hall–Kier alpha value is -3.27. The van der Waals surface area contributed by atoms with Gasteiger partial charge in [-0.3, -0.25) is 0 Å². The lowest BCUT2D eigenvalue weighted by Gasteiger charge is -2.19. The van der Waals surface area contributed by atoms with Gasteiger partial charge in [-0.15, -0.1) is 6.58 Å². The fourth-order valence-corrected chi connectivity index (χ4v) is 4.13. The van der Waals surface area contributed by atoms with Crippen molar-refractivity contribution in [1.82, 2.24) is 0 Å². The van der Waals surface area contributed by atoms with Crippen molar-refractivity contribution in [3.63, 3.8) is 0 Å². The highest BCUT2D eigenvalue weighted by atomic mass is 19.2. The summed E-state index contributed by atoms with van der Waals surface area (Å²) in [4.78, 5) is 0. The fourth-order valence-electron chi connectivity index (χ4n) is 4.13. The number of allylic oxidation sites excluding steroid dienone is 2. The lowest BCUT2D eigenvalue weighted by Crippen LogP contribution is -2.02. The first kappa shape index (κ1) is 22.9. The molecule has 0 saturated carbocycles. The summed E-state index contributed by atoms with van der Waals surface area (Å²) in [6.45, 7) is 6.02. The van der Waals surface area contributed by atoms with Gasteiger partial charge in [0.05, 0.1) is 6.61 Å². The van der Waals surface area contributed by atoms with Gasteiger partial charge in [0.2, 0.25) is 5.82 Å². The molecule has 1 unspecified atom stereocenters. The average Bonchev–Trinajstić information content (AvgIpc) is 2.83. The molecule has 0 N–H and O–H groups in total. The molecule has 0 aromatic heterocycles. The van der Waals surface area contributed by atoms with Gasteiger partial charge >= 0.3 is 0 Å². The first-order valence-corrected chi connectivity index (χ1v) is 11.3. The molecule has 3 aromatic carbocycles. The van der Waals surface area contributed by atoms with Crippen LogP contribution < -0.4 is 4.74 Å². The number of hydrogen-bond donors (Lipinski definition) is 0. The predicted octanol–water partition coefficient (Wildman–Crippen LogP) is 8.60. The molecule has 0 radical (unpaired) electrons. The van der Waals surface area contributed by atoms with Crippen molar-refractivity contribution < 1.29 is 17.9 Å². The van der Waals surface area contributed by atoms with E-state index in [1.807, 2.05) is 12.1 Å². The maximum atomic E-state index is 14.9. The van der Waals surface area contributed by atoms with Gasteiger partial charge in [0, 0.05) is 11.1 Å². The van der Waals surface area contributed by atoms with Crippen LogP contribution in [-0.4, -0.2) is 6.61 Å². The van der Waals surface area contributed by atoms with E-state index in [0.717, 1.165) is 36.0 Å². The molecule has 0 heterocycles. The highest BCUT2D eigenvalue weighted by Gasteiger charge is 2.17. The SMILES string of the molecule is C=CCCOc1ccc(-c2ccc(-c3ccc(C4=CCC(C)CC4)c(F)c3)cc2)c(F)c1F. The van der Waals surface area contributed by atoms with Crippen molar-refractivity contribution in [2.45, 2.75) is 32.6 Å². The molecule has 1 nitrogen and oxygen atoms in total. The second-order valence-corrected chi connectivity index (χ2v) is 8.55. The summed E-state index contributed by atoms with van der Waals surface area (Å²) < 4.78 is 49.2. The van der Waals surface area contributed by atoms with Crippen LogP contribution in [-0.2, 0) is 0 Å². The van der Waals surface area contributed by atoms with Crippen molar-refractivity contribution in [3.8, 4) is 28.0 Å². The molecular weight excluding hydrogens is 421 g/mol. The molecule has 170 valence electrons. The van der Waals surface area contributed by atoms with Crippen LogP contribution in [0.2, 0.25) is 0 Å². The third-order valence-corrected chi connectivity index (χ3v) is 6.14. The van der Waals surface area contributed by atoms with Crippen LogP contribution in [0.25, 0.3) is 27.8 Å². The Bertz CT molecular complexity index is 1180. The van der Waals surface area contributed by atoms with Crippen LogP contribution in [0.15, 0.2) is 73.3 Å². The lowest BCUT2D eigenvalue weighted by molar-refractivity contribution is 0.302. The summed E-state index contributed by atoms with van der Waals surface area (Å²) >= 11 is 0. The van der Waals surface area contributed by atoms with Gasteiger partial charge in [0.1, 0.15) is 5.82 Å². The molecule has 0 amide bonds. The van der Waals surface area contributed by atoms with Crippen molar-refractivity contribution in [2.24, 2.45) is 5.92 Å². The zero-order valence-electron chi connectivity index (χ0n) is 18.7. The predicted molar refractivity (Wildman–Crippen MR) is 128 cm³/mol. The van der Waals surface area contributed by atoms with Crippen LogP contribution in [0.1, 0.15) is 38.2 Å². The minimum Gasteiger partial charge on any atom is -0.490 e. The average molecular weight is 449 g/mol. The molecule has 1 aliphatic rings. The summed E-state index contributed by atoms with van der Waals surface area (Å²) in [5.41, 5.74) is 3.96. The normalized spacial score (nSPS) is 15.8. The van der Waals surface area contributed by atoms with Gasteiger partial charge in [0.25, 0.3) is 0 Å². The molecule has 4 heteroatoms. The summed E-state index contributed by atoms with van der Waals surface area (Å²) in [5.74, 6) is -1.67. The molecule has 1 atom stereocenters. The van der Waals surface area contributed by atoms with Crippen molar-refractivity contribution in [1.29, 1.82) is 0 Å². The van der Waals surface area contributed by atoms with Crippen molar-refractivity contribution >= 4 is 5.57 Å².